The molecule has 0 saturated carbocycles. The van der Waals surface area contributed by atoms with Crippen molar-refractivity contribution in [3.05, 3.63) is 60.7 Å². The summed E-state index contributed by atoms with van der Waals surface area (Å²) in [4.78, 5) is 4.37. The van der Waals surface area contributed by atoms with Gasteiger partial charge in [-0.2, -0.15) is 0 Å². The Balaban J connectivity index is 2.02. The lowest BCUT2D eigenvalue weighted by molar-refractivity contribution is 0.913. The molecule has 0 aromatic heterocycles. The largest absolute Gasteiger partial charge is 0.327 e. The van der Waals surface area contributed by atoms with Crippen LogP contribution in [0.1, 0.15) is 26.7 Å². The molecule has 0 amide bonds. The molecule has 0 N–H and O–H groups in total. The van der Waals surface area contributed by atoms with Crippen molar-refractivity contribution in [2.45, 2.75) is 26.7 Å². The third-order valence-electron chi connectivity index (χ3n) is 3.66. The van der Waals surface area contributed by atoms with E-state index in [9.17, 15) is 0 Å². The van der Waals surface area contributed by atoms with Crippen molar-refractivity contribution in [1.82, 2.24) is 0 Å². The zero-order valence-electron chi connectivity index (χ0n) is 15.1. The Morgan fingerprint density at radius 3 is 1.35 bits per heavy atom. The quantitative estimate of drug-likeness (QED) is 0.373. The first-order valence-electron chi connectivity index (χ1n) is 8.75. The average molecular weight is 421 g/mol. The van der Waals surface area contributed by atoms with E-state index in [4.69, 9.17) is 24.4 Å². The van der Waals surface area contributed by atoms with Crippen LogP contribution in [0.15, 0.2) is 60.7 Å². The lowest BCUT2D eigenvalue weighted by Gasteiger charge is -2.26. The van der Waals surface area contributed by atoms with Gasteiger partial charge in [0.2, 0.25) is 0 Å². The van der Waals surface area contributed by atoms with Gasteiger partial charge in [-0.1, -0.05) is 74.7 Å². The van der Waals surface area contributed by atoms with Crippen LogP contribution in [0.25, 0.3) is 0 Å². The highest BCUT2D eigenvalue weighted by atomic mass is 33.1. The van der Waals surface area contributed by atoms with E-state index in [1.165, 1.54) is 0 Å². The van der Waals surface area contributed by atoms with Gasteiger partial charge in [-0.15, -0.1) is 0 Å². The highest BCUT2D eigenvalue weighted by Gasteiger charge is 2.16. The molecule has 0 atom stereocenters. The van der Waals surface area contributed by atoms with Crippen molar-refractivity contribution in [3.63, 3.8) is 0 Å². The predicted molar refractivity (Wildman–Crippen MR) is 129 cm³/mol. The summed E-state index contributed by atoms with van der Waals surface area (Å²) in [5, 5.41) is 0. The zero-order chi connectivity index (χ0) is 18.8. The van der Waals surface area contributed by atoms with Crippen LogP contribution in [0, 0.1) is 0 Å². The molecule has 0 radical (unpaired) electrons. The van der Waals surface area contributed by atoms with Crippen molar-refractivity contribution >= 4 is 66.0 Å². The first-order chi connectivity index (χ1) is 12.7. The first-order valence-corrected chi connectivity index (χ1v) is 11.7. The number of rotatable bonds is 6. The highest BCUT2D eigenvalue weighted by molar-refractivity contribution is 8.89. The van der Waals surface area contributed by atoms with E-state index < -0.39 is 0 Å². The van der Waals surface area contributed by atoms with Crippen molar-refractivity contribution in [1.29, 1.82) is 0 Å². The van der Waals surface area contributed by atoms with Crippen LogP contribution >= 0.6 is 46.0 Å². The van der Waals surface area contributed by atoms with Crippen molar-refractivity contribution in [3.8, 4) is 0 Å². The molecular formula is C20H24N2S4. The molecule has 0 aliphatic heterocycles. The van der Waals surface area contributed by atoms with Crippen LogP contribution in [0.3, 0.4) is 0 Å². The van der Waals surface area contributed by atoms with Crippen molar-refractivity contribution < 1.29 is 0 Å². The Bertz CT molecular complexity index is 630. The molecular weight excluding hydrogens is 397 g/mol. The van der Waals surface area contributed by atoms with E-state index in [0.717, 1.165) is 45.9 Å². The molecule has 0 spiro atoms. The molecule has 2 aromatic carbocycles. The van der Waals surface area contributed by atoms with E-state index in [1.54, 1.807) is 21.6 Å². The Morgan fingerprint density at radius 2 is 1.04 bits per heavy atom. The Kier molecular flexibility index (Phi) is 9.46. The summed E-state index contributed by atoms with van der Waals surface area (Å²) < 4.78 is 1.69. The molecule has 2 aromatic rings. The summed E-state index contributed by atoms with van der Waals surface area (Å²) in [5.41, 5.74) is 2.26. The van der Waals surface area contributed by atoms with Crippen LogP contribution in [-0.4, -0.2) is 21.7 Å². The molecule has 0 unspecified atom stereocenters. The number of thiocarbonyl (C=S) groups is 2. The summed E-state index contributed by atoms with van der Waals surface area (Å²) in [6, 6.07) is 20.6. The van der Waals surface area contributed by atoms with E-state index in [-0.39, 0.29) is 0 Å². The molecule has 0 heterocycles. The van der Waals surface area contributed by atoms with Crippen LogP contribution < -0.4 is 9.80 Å². The topological polar surface area (TPSA) is 6.48 Å². The normalized spacial score (nSPS) is 10.4. The fourth-order valence-electron chi connectivity index (χ4n) is 2.48. The molecule has 0 aliphatic carbocycles. The second-order valence-corrected chi connectivity index (χ2v) is 9.07. The van der Waals surface area contributed by atoms with Crippen LogP contribution in [0.2, 0.25) is 0 Å². The fraction of sp³-hybridized carbons (Fsp3) is 0.300. The second-order valence-electron chi connectivity index (χ2n) is 5.67. The number of hydrogen-bond acceptors (Lipinski definition) is 4. The average Bonchev–Trinajstić information content (AvgIpc) is 2.69. The number of para-hydroxylation sites is 2. The monoisotopic (exact) mass is 420 g/mol. The van der Waals surface area contributed by atoms with Gasteiger partial charge in [-0.25, -0.2) is 0 Å². The van der Waals surface area contributed by atoms with E-state index in [0.29, 0.717) is 0 Å². The lowest BCUT2D eigenvalue weighted by atomic mass is 10.3. The number of hydrogen-bond donors (Lipinski definition) is 0. The van der Waals surface area contributed by atoms with Crippen LogP contribution in [0.4, 0.5) is 11.4 Å². The molecule has 0 fully saturated rings. The summed E-state index contributed by atoms with van der Waals surface area (Å²) in [5.74, 6) is 0. The van der Waals surface area contributed by atoms with Crippen molar-refractivity contribution in [2.24, 2.45) is 0 Å². The number of nitrogens with zero attached hydrogens (tertiary/aromatic N) is 2. The molecule has 6 heteroatoms. The highest BCUT2D eigenvalue weighted by Crippen LogP contribution is 2.32. The van der Waals surface area contributed by atoms with Crippen molar-refractivity contribution in [2.75, 3.05) is 22.9 Å². The molecule has 0 saturated heterocycles. The minimum absolute atomic E-state index is 0.843. The first kappa shape index (κ1) is 21.2. The predicted octanol–water partition coefficient (Wildman–Crippen LogP) is 6.77. The van der Waals surface area contributed by atoms with Gasteiger partial charge >= 0.3 is 0 Å². The summed E-state index contributed by atoms with van der Waals surface area (Å²) in [6.07, 6.45) is 2.08. The summed E-state index contributed by atoms with van der Waals surface area (Å²) in [6.45, 7) is 6.14. The van der Waals surface area contributed by atoms with Gasteiger partial charge in [0.05, 0.1) is 0 Å². The molecule has 0 aliphatic rings. The molecule has 26 heavy (non-hydrogen) atoms. The second kappa shape index (κ2) is 11.6. The van der Waals surface area contributed by atoms with Gasteiger partial charge in [0.15, 0.2) is 8.64 Å². The lowest BCUT2D eigenvalue weighted by Crippen LogP contribution is -2.29. The Hall–Kier alpha value is -1.08. The fourth-order valence-corrected chi connectivity index (χ4v) is 5.17. The van der Waals surface area contributed by atoms with E-state index in [2.05, 4.69) is 47.9 Å². The van der Waals surface area contributed by atoms with Crippen LogP contribution in [-0.2, 0) is 0 Å². The molecule has 2 nitrogen and oxygen atoms in total. The Labute approximate surface area is 175 Å². The van der Waals surface area contributed by atoms with Gasteiger partial charge in [0.25, 0.3) is 0 Å². The smallest absolute Gasteiger partial charge is 0.151 e. The molecule has 2 rings (SSSR count). The molecule has 138 valence electrons. The minimum atomic E-state index is 0.843. The molecule has 0 bridgehead atoms. The van der Waals surface area contributed by atoms with Gasteiger partial charge in [0.1, 0.15) is 0 Å². The third kappa shape index (κ3) is 6.27. The number of benzene rings is 2. The van der Waals surface area contributed by atoms with Gasteiger partial charge in [0, 0.05) is 24.5 Å². The summed E-state index contributed by atoms with van der Waals surface area (Å²) >= 11 is 11.4. The van der Waals surface area contributed by atoms with E-state index >= 15 is 0 Å². The van der Waals surface area contributed by atoms with Gasteiger partial charge in [-0.05, 0) is 58.7 Å². The van der Waals surface area contributed by atoms with Gasteiger partial charge < -0.3 is 9.80 Å². The van der Waals surface area contributed by atoms with Crippen LogP contribution in [0.5, 0.6) is 0 Å². The number of anilines is 2. The maximum absolute atomic E-state index is 5.70. The zero-order valence-corrected chi connectivity index (χ0v) is 18.4. The van der Waals surface area contributed by atoms with E-state index in [1.807, 2.05) is 36.4 Å². The Morgan fingerprint density at radius 1 is 0.692 bits per heavy atom. The maximum atomic E-state index is 5.70. The summed E-state index contributed by atoms with van der Waals surface area (Å²) in [7, 11) is 3.13. The third-order valence-corrected chi connectivity index (χ3v) is 7.24. The maximum Gasteiger partial charge on any atom is 0.151 e. The minimum Gasteiger partial charge on any atom is -0.327 e. The standard InChI is InChI=1S/C20H24N2S4/c1-3-15-21(17-11-7-5-8-12-17)19(23)25-26-20(24)22(16-4-2)18-13-9-6-10-14-18/h5-14H,3-4,15-16H2,1-2H3. The SMILES string of the molecule is CCCN(C(=S)SSC(=S)N(CCC)c1ccccc1)c1ccccc1. The van der Waals surface area contributed by atoms with Gasteiger partial charge in [-0.3, -0.25) is 0 Å².